The van der Waals surface area contributed by atoms with Crippen molar-refractivity contribution >= 4 is 27.3 Å². The molecule has 168 valence electrons. The number of sulfonamides is 1. The Kier molecular flexibility index (Phi) is 7.30. The van der Waals surface area contributed by atoms with Crippen molar-refractivity contribution in [1.82, 2.24) is 4.31 Å². The summed E-state index contributed by atoms with van der Waals surface area (Å²) < 4.78 is 46.3. The Balaban J connectivity index is 1.94. The van der Waals surface area contributed by atoms with Gasteiger partial charge in [-0.2, -0.15) is 4.31 Å². The van der Waals surface area contributed by atoms with Gasteiger partial charge in [-0.05, 0) is 66.8 Å². The predicted octanol–water partition coefficient (Wildman–Crippen LogP) is 3.08. The van der Waals surface area contributed by atoms with Crippen molar-refractivity contribution in [2.24, 2.45) is 5.92 Å². The van der Waals surface area contributed by atoms with Crippen LogP contribution in [0.5, 0.6) is 0 Å². The summed E-state index contributed by atoms with van der Waals surface area (Å²) >= 11 is 0. The lowest BCUT2D eigenvalue weighted by Crippen LogP contribution is -2.33. The highest BCUT2D eigenvalue weighted by atomic mass is 32.2. The molecule has 1 aliphatic rings. The Bertz CT molecular complexity index is 1020. The van der Waals surface area contributed by atoms with Crippen LogP contribution in [-0.4, -0.2) is 53.0 Å². The van der Waals surface area contributed by atoms with Gasteiger partial charge in [-0.25, -0.2) is 12.8 Å². The van der Waals surface area contributed by atoms with E-state index in [2.05, 4.69) is 5.32 Å². The van der Waals surface area contributed by atoms with E-state index in [-0.39, 0.29) is 24.0 Å². The molecule has 1 fully saturated rings. The van der Waals surface area contributed by atoms with Crippen molar-refractivity contribution in [3.63, 3.8) is 0 Å². The molecule has 2 aromatic carbocycles. The lowest BCUT2D eigenvalue weighted by molar-refractivity contribution is -0.119. The van der Waals surface area contributed by atoms with Gasteiger partial charge in [0.2, 0.25) is 15.9 Å². The molecule has 0 saturated heterocycles. The Morgan fingerprint density at radius 3 is 2.42 bits per heavy atom. The summed E-state index contributed by atoms with van der Waals surface area (Å²) in [4.78, 5) is 13.9. The summed E-state index contributed by atoms with van der Waals surface area (Å²) in [6, 6.07) is 10.3. The van der Waals surface area contributed by atoms with Gasteiger partial charge < -0.3 is 15.0 Å². The van der Waals surface area contributed by atoms with E-state index < -0.39 is 15.8 Å². The zero-order chi connectivity index (χ0) is 22.6. The van der Waals surface area contributed by atoms with Crippen LogP contribution in [0, 0.1) is 11.7 Å². The van der Waals surface area contributed by atoms with Crippen molar-refractivity contribution in [1.29, 1.82) is 0 Å². The highest BCUT2D eigenvalue weighted by Gasteiger charge is 2.32. The third-order valence-corrected chi connectivity index (χ3v) is 6.90. The third kappa shape index (κ3) is 6.03. The number of nitrogens with zero attached hydrogens (tertiary/aromatic N) is 2. The highest BCUT2D eigenvalue weighted by Crippen LogP contribution is 2.34. The molecule has 1 N–H and O–H groups in total. The molecule has 0 aromatic heterocycles. The lowest BCUT2D eigenvalue weighted by atomic mass is 10.1. The molecule has 3 rings (SSSR count). The van der Waals surface area contributed by atoms with Crippen LogP contribution in [-0.2, 0) is 26.1 Å². The Morgan fingerprint density at radius 2 is 1.84 bits per heavy atom. The first-order chi connectivity index (χ1) is 14.7. The average Bonchev–Trinajstić information content (AvgIpc) is 3.52. The van der Waals surface area contributed by atoms with Gasteiger partial charge in [0, 0.05) is 45.7 Å². The molecule has 31 heavy (non-hydrogen) atoms. The molecule has 0 aliphatic heterocycles. The van der Waals surface area contributed by atoms with Gasteiger partial charge in [-0.3, -0.25) is 4.79 Å². The van der Waals surface area contributed by atoms with E-state index >= 15 is 0 Å². The van der Waals surface area contributed by atoms with Gasteiger partial charge in [-0.1, -0.05) is 0 Å². The molecular weight excluding hydrogens is 421 g/mol. The second-order valence-electron chi connectivity index (χ2n) is 7.91. The molecule has 0 radical (unpaired) electrons. The molecule has 1 amide bonds. The number of carbonyl (C=O) groups excluding carboxylic acids is 1. The first kappa shape index (κ1) is 23.2. The minimum absolute atomic E-state index is 0.0607. The summed E-state index contributed by atoms with van der Waals surface area (Å²) in [5, 5.41) is 2.76. The van der Waals surface area contributed by atoms with Crippen molar-refractivity contribution < 1.29 is 22.3 Å². The summed E-state index contributed by atoms with van der Waals surface area (Å²) in [7, 11) is 1.38. The molecule has 9 heteroatoms. The van der Waals surface area contributed by atoms with Gasteiger partial charge in [0.05, 0.1) is 4.90 Å². The second-order valence-corrected chi connectivity index (χ2v) is 9.85. The summed E-state index contributed by atoms with van der Waals surface area (Å²) in [6.45, 7) is 0.460. The molecule has 2 aromatic rings. The van der Waals surface area contributed by atoms with Crippen LogP contribution >= 0.6 is 0 Å². The SMILES string of the molecule is COCC(=O)Nc1ccc(N(C)C)c(CN(CC2CC2)S(=O)(=O)c2ccc(F)cc2)c1. The van der Waals surface area contributed by atoms with Crippen LogP contribution in [0.3, 0.4) is 0 Å². The first-order valence-electron chi connectivity index (χ1n) is 10.1. The van der Waals surface area contributed by atoms with Crippen molar-refractivity contribution in [2.75, 3.05) is 44.6 Å². The van der Waals surface area contributed by atoms with Crippen LogP contribution in [0.15, 0.2) is 47.4 Å². The topological polar surface area (TPSA) is 79.0 Å². The highest BCUT2D eigenvalue weighted by molar-refractivity contribution is 7.89. The number of nitrogens with one attached hydrogen (secondary N) is 1. The van der Waals surface area contributed by atoms with Crippen LogP contribution in [0.1, 0.15) is 18.4 Å². The summed E-state index contributed by atoms with van der Waals surface area (Å²) in [5.41, 5.74) is 2.17. The Morgan fingerprint density at radius 1 is 1.16 bits per heavy atom. The molecule has 0 bridgehead atoms. The fraction of sp³-hybridized carbons (Fsp3) is 0.409. The van der Waals surface area contributed by atoms with E-state index in [0.29, 0.717) is 18.2 Å². The normalized spacial score (nSPS) is 14.0. The van der Waals surface area contributed by atoms with E-state index in [4.69, 9.17) is 4.74 Å². The smallest absolute Gasteiger partial charge is 0.250 e. The molecule has 0 heterocycles. The van der Waals surface area contributed by atoms with Crippen molar-refractivity contribution in [3.05, 3.63) is 53.8 Å². The molecule has 0 spiro atoms. The molecule has 0 unspecified atom stereocenters. The maximum Gasteiger partial charge on any atom is 0.250 e. The third-order valence-electron chi connectivity index (χ3n) is 5.08. The number of rotatable bonds is 10. The lowest BCUT2D eigenvalue weighted by Gasteiger charge is -2.26. The molecule has 1 aliphatic carbocycles. The van der Waals surface area contributed by atoms with Crippen LogP contribution in [0.4, 0.5) is 15.8 Å². The fourth-order valence-corrected chi connectivity index (χ4v) is 4.83. The van der Waals surface area contributed by atoms with Crippen LogP contribution in [0.25, 0.3) is 0 Å². The number of carbonyl (C=O) groups is 1. The standard InChI is InChI=1S/C22H28FN3O4S/c1-25(2)21-11-8-19(24-22(27)15-30-3)12-17(21)14-26(13-16-4-5-16)31(28,29)20-9-6-18(23)7-10-20/h6-12,16H,4-5,13-15H2,1-3H3,(H,24,27). The monoisotopic (exact) mass is 449 g/mol. The number of hydrogen-bond donors (Lipinski definition) is 1. The van der Waals surface area contributed by atoms with Crippen molar-refractivity contribution in [3.8, 4) is 0 Å². The van der Waals surface area contributed by atoms with Crippen molar-refractivity contribution in [2.45, 2.75) is 24.3 Å². The Hall–Kier alpha value is -2.49. The van der Waals surface area contributed by atoms with E-state index in [9.17, 15) is 17.6 Å². The number of ether oxygens (including phenoxy) is 1. The van der Waals surface area contributed by atoms with Gasteiger partial charge >= 0.3 is 0 Å². The molecule has 1 saturated carbocycles. The molecule has 0 atom stereocenters. The zero-order valence-corrected chi connectivity index (χ0v) is 18.8. The predicted molar refractivity (Wildman–Crippen MR) is 118 cm³/mol. The second kappa shape index (κ2) is 9.76. The van der Waals surface area contributed by atoms with Crippen LogP contribution in [0.2, 0.25) is 0 Å². The van der Waals surface area contributed by atoms with Gasteiger partial charge in [-0.15, -0.1) is 0 Å². The Labute approximate surface area is 182 Å². The van der Waals surface area contributed by atoms with Gasteiger partial charge in [0.25, 0.3) is 0 Å². The van der Waals surface area contributed by atoms with E-state index in [1.807, 2.05) is 25.1 Å². The van der Waals surface area contributed by atoms with E-state index in [0.717, 1.165) is 36.2 Å². The summed E-state index contributed by atoms with van der Waals surface area (Å²) in [5.74, 6) is -0.454. The number of amides is 1. The number of anilines is 2. The van der Waals surface area contributed by atoms with Gasteiger partial charge in [0.15, 0.2) is 0 Å². The maximum absolute atomic E-state index is 13.3. The fourth-order valence-electron chi connectivity index (χ4n) is 3.34. The van der Waals surface area contributed by atoms with E-state index in [1.165, 1.54) is 23.5 Å². The first-order valence-corrected chi connectivity index (χ1v) is 11.5. The summed E-state index contributed by atoms with van der Waals surface area (Å²) in [6.07, 6.45) is 1.98. The minimum atomic E-state index is -3.82. The average molecular weight is 450 g/mol. The molecular formula is C22H28FN3O4S. The number of benzene rings is 2. The largest absolute Gasteiger partial charge is 0.377 e. The minimum Gasteiger partial charge on any atom is -0.377 e. The number of hydrogen-bond acceptors (Lipinski definition) is 5. The number of halogens is 1. The van der Waals surface area contributed by atoms with Crippen LogP contribution < -0.4 is 10.2 Å². The number of methoxy groups -OCH3 is 1. The van der Waals surface area contributed by atoms with E-state index in [1.54, 1.807) is 12.1 Å². The zero-order valence-electron chi connectivity index (χ0n) is 18.0. The molecule has 7 nitrogen and oxygen atoms in total. The quantitative estimate of drug-likeness (QED) is 0.603. The van der Waals surface area contributed by atoms with Gasteiger partial charge in [0.1, 0.15) is 12.4 Å². The maximum atomic E-state index is 13.3.